The van der Waals surface area contributed by atoms with Gasteiger partial charge in [-0.05, 0) is 18.2 Å². The Kier molecular flexibility index (Phi) is 4.42. The smallest absolute Gasteiger partial charge is 0.254 e. The average molecular weight is 286 g/mol. The number of benzene rings is 1. The van der Waals surface area contributed by atoms with Crippen molar-refractivity contribution in [2.24, 2.45) is 5.73 Å². The molecule has 0 radical (unpaired) electrons. The molecule has 0 fully saturated rings. The zero-order valence-electron chi connectivity index (χ0n) is 10.1. The topological polar surface area (TPSA) is 80.5 Å². The highest BCUT2D eigenvalue weighted by Gasteiger charge is 2.15. The summed E-state index contributed by atoms with van der Waals surface area (Å²) < 4.78 is 22.8. The summed E-state index contributed by atoms with van der Waals surface area (Å²) >= 11 is 4.71. The molecule has 5 nitrogen and oxygen atoms in total. The van der Waals surface area contributed by atoms with E-state index in [1.807, 2.05) is 0 Å². The minimum atomic E-state index is -3.33. The van der Waals surface area contributed by atoms with Gasteiger partial charge in [0.1, 0.15) is 0 Å². The van der Waals surface area contributed by atoms with Crippen LogP contribution in [0.25, 0.3) is 0 Å². The summed E-state index contributed by atoms with van der Waals surface area (Å²) in [6.45, 7) is 0.150. The molecular weight excluding hydrogens is 272 g/mol. The molecule has 1 rings (SSSR count). The number of hydrogen-bond donors (Lipinski definition) is 1. The number of carbonyl (C=O) groups is 1. The Labute approximate surface area is 112 Å². The van der Waals surface area contributed by atoms with Crippen LogP contribution in [0.3, 0.4) is 0 Å². The molecule has 0 bridgehead atoms. The van der Waals surface area contributed by atoms with E-state index in [0.29, 0.717) is 0 Å². The molecule has 1 amide bonds. The lowest BCUT2D eigenvalue weighted by Gasteiger charge is -2.16. The summed E-state index contributed by atoms with van der Waals surface area (Å²) in [6.07, 6.45) is 1.09. The third-order valence-electron chi connectivity index (χ3n) is 2.25. The summed E-state index contributed by atoms with van der Waals surface area (Å²) in [7, 11) is -1.78. The molecule has 0 aliphatic rings. The molecule has 0 spiro atoms. The van der Waals surface area contributed by atoms with Crippen molar-refractivity contribution in [3.63, 3.8) is 0 Å². The lowest BCUT2D eigenvalue weighted by molar-refractivity contribution is 0.0815. The molecule has 1 aromatic carbocycles. The van der Waals surface area contributed by atoms with Crippen molar-refractivity contribution in [3.8, 4) is 0 Å². The quantitative estimate of drug-likeness (QED) is 0.813. The molecule has 7 heteroatoms. The summed E-state index contributed by atoms with van der Waals surface area (Å²) in [5.74, 6) is -0.326. The van der Waals surface area contributed by atoms with Crippen molar-refractivity contribution in [2.75, 3.05) is 19.8 Å². The van der Waals surface area contributed by atoms with E-state index >= 15 is 0 Å². The molecule has 0 saturated heterocycles. The van der Waals surface area contributed by atoms with E-state index in [1.54, 1.807) is 13.1 Å². The minimum absolute atomic E-state index is 0.108. The normalized spacial score (nSPS) is 11.0. The number of hydrogen-bond acceptors (Lipinski definition) is 4. The third-order valence-corrected chi connectivity index (χ3v) is 3.49. The van der Waals surface area contributed by atoms with Gasteiger partial charge in [0.25, 0.3) is 5.91 Å². The Morgan fingerprint density at radius 2 is 2.06 bits per heavy atom. The van der Waals surface area contributed by atoms with Gasteiger partial charge in [0.2, 0.25) is 0 Å². The number of rotatable bonds is 4. The number of nitrogens with zero attached hydrogens (tertiary/aromatic N) is 1. The molecule has 1 aromatic rings. The summed E-state index contributed by atoms with van der Waals surface area (Å²) in [5, 5.41) is 0. The fourth-order valence-electron chi connectivity index (χ4n) is 1.39. The van der Waals surface area contributed by atoms with Gasteiger partial charge in [0, 0.05) is 18.9 Å². The first-order chi connectivity index (χ1) is 8.21. The molecule has 0 atom stereocenters. The highest BCUT2D eigenvalue weighted by atomic mass is 32.2. The number of carbonyl (C=O) groups excluding carboxylic acids is 1. The lowest BCUT2D eigenvalue weighted by atomic mass is 10.2. The van der Waals surface area contributed by atoms with Crippen molar-refractivity contribution in [1.29, 1.82) is 0 Å². The van der Waals surface area contributed by atoms with Crippen molar-refractivity contribution in [3.05, 3.63) is 29.8 Å². The molecule has 98 valence electrons. The fraction of sp³-hybridized carbons (Fsp3) is 0.273. The van der Waals surface area contributed by atoms with Crippen LogP contribution in [-0.2, 0) is 9.84 Å². The van der Waals surface area contributed by atoms with Gasteiger partial charge in [-0.3, -0.25) is 4.79 Å². The highest BCUT2D eigenvalue weighted by Crippen LogP contribution is 2.12. The van der Waals surface area contributed by atoms with Crippen LogP contribution in [0.2, 0.25) is 0 Å². The second-order valence-electron chi connectivity index (χ2n) is 3.93. The first-order valence-corrected chi connectivity index (χ1v) is 7.35. The van der Waals surface area contributed by atoms with Crippen LogP contribution in [0.5, 0.6) is 0 Å². The van der Waals surface area contributed by atoms with Crippen molar-refractivity contribution in [2.45, 2.75) is 4.90 Å². The minimum Gasteiger partial charge on any atom is -0.392 e. The second-order valence-corrected chi connectivity index (χ2v) is 6.47. The van der Waals surface area contributed by atoms with Gasteiger partial charge in [-0.25, -0.2) is 8.42 Å². The SMILES string of the molecule is CN(CC(N)=S)C(=O)c1cccc(S(C)(=O)=O)c1. The van der Waals surface area contributed by atoms with Crippen molar-refractivity contribution >= 4 is 33.0 Å². The number of likely N-dealkylation sites (N-methyl/N-ethyl adjacent to an activating group) is 1. The van der Waals surface area contributed by atoms with Crippen molar-refractivity contribution in [1.82, 2.24) is 4.90 Å². The Balaban J connectivity index is 3.04. The van der Waals surface area contributed by atoms with Gasteiger partial charge in [0.05, 0.1) is 16.4 Å². The lowest BCUT2D eigenvalue weighted by Crippen LogP contribution is -2.34. The van der Waals surface area contributed by atoms with Crippen LogP contribution in [0.1, 0.15) is 10.4 Å². The first kappa shape index (κ1) is 14.6. The predicted octanol–water partition coefficient (Wildman–Crippen LogP) is 0.448. The number of nitrogens with two attached hydrogens (primary N) is 1. The maximum Gasteiger partial charge on any atom is 0.254 e. The van der Waals surface area contributed by atoms with Gasteiger partial charge < -0.3 is 10.6 Å². The molecule has 2 N–H and O–H groups in total. The summed E-state index contributed by atoms with van der Waals surface area (Å²) in [6, 6.07) is 5.86. The Morgan fingerprint density at radius 3 is 2.56 bits per heavy atom. The Bertz CT molecular complexity index is 582. The summed E-state index contributed by atoms with van der Waals surface area (Å²) in [4.78, 5) is 13.6. The largest absolute Gasteiger partial charge is 0.392 e. The van der Waals surface area contributed by atoms with Crippen molar-refractivity contribution < 1.29 is 13.2 Å². The van der Waals surface area contributed by atoms with Gasteiger partial charge in [-0.1, -0.05) is 18.3 Å². The van der Waals surface area contributed by atoms with Crippen LogP contribution >= 0.6 is 12.2 Å². The van der Waals surface area contributed by atoms with Gasteiger partial charge in [-0.2, -0.15) is 0 Å². The van der Waals surface area contributed by atoms with Crippen LogP contribution in [-0.4, -0.2) is 44.1 Å². The van der Waals surface area contributed by atoms with E-state index in [-0.39, 0.29) is 27.9 Å². The Morgan fingerprint density at radius 1 is 1.44 bits per heavy atom. The maximum absolute atomic E-state index is 12.0. The van der Waals surface area contributed by atoms with E-state index in [1.165, 1.54) is 23.1 Å². The molecule has 0 saturated carbocycles. The van der Waals surface area contributed by atoms with E-state index in [4.69, 9.17) is 18.0 Å². The fourth-order valence-corrected chi connectivity index (χ4v) is 2.25. The number of thiocarbonyl (C=S) groups is 1. The third kappa shape index (κ3) is 3.78. The van der Waals surface area contributed by atoms with Crippen LogP contribution < -0.4 is 5.73 Å². The predicted molar refractivity (Wildman–Crippen MR) is 73.3 cm³/mol. The monoisotopic (exact) mass is 286 g/mol. The van der Waals surface area contributed by atoms with Crippen LogP contribution in [0, 0.1) is 0 Å². The summed E-state index contributed by atoms with van der Waals surface area (Å²) in [5.41, 5.74) is 5.64. The number of amides is 1. The van der Waals surface area contributed by atoms with Crippen LogP contribution in [0.4, 0.5) is 0 Å². The zero-order chi connectivity index (χ0) is 13.9. The van der Waals surface area contributed by atoms with E-state index in [9.17, 15) is 13.2 Å². The number of sulfone groups is 1. The molecular formula is C11H14N2O3S2. The zero-order valence-corrected chi connectivity index (χ0v) is 11.7. The van der Waals surface area contributed by atoms with Gasteiger partial charge >= 0.3 is 0 Å². The Hall–Kier alpha value is -1.47. The van der Waals surface area contributed by atoms with E-state index < -0.39 is 9.84 Å². The molecule has 0 aliphatic carbocycles. The maximum atomic E-state index is 12.0. The van der Waals surface area contributed by atoms with Gasteiger partial charge in [-0.15, -0.1) is 0 Å². The molecule has 18 heavy (non-hydrogen) atoms. The molecule has 0 heterocycles. The van der Waals surface area contributed by atoms with E-state index in [2.05, 4.69) is 0 Å². The second kappa shape index (κ2) is 5.45. The molecule has 0 unspecified atom stereocenters. The first-order valence-electron chi connectivity index (χ1n) is 5.05. The standard InChI is InChI=1S/C11H14N2O3S2/c1-13(7-10(12)17)11(14)8-4-3-5-9(6-8)18(2,15)16/h3-6H,7H2,1-2H3,(H2,12,17). The average Bonchev–Trinajstić information content (AvgIpc) is 2.26. The van der Waals surface area contributed by atoms with E-state index in [0.717, 1.165) is 6.26 Å². The van der Waals surface area contributed by atoms with Crippen LogP contribution in [0.15, 0.2) is 29.2 Å². The van der Waals surface area contributed by atoms with Gasteiger partial charge in [0.15, 0.2) is 9.84 Å². The highest BCUT2D eigenvalue weighted by molar-refractivity contribution is 7.90. The molecule has 0 aliphatic heterocycles. The molecule has 0 aromatic heterocycles.